The maximum Gasteiger partial charge on any atom is 0.540 e. The molecule has 0 spiro atoms. The van der Waals surface area contributed by atoms with Gasteiger partial charge in [-0.3, -0.25) is 10.1 Å². The van der Waals surface area contributed by atoms with Crippen molar-refractivity contribution in [3.8, 4) is 5.75 Å². The van der Waals surface area contributed by atoms with Crippen molar-refractivity contribution >= 4 is 5.69 Å². The molecular weight excluding hydrogens is 250 g/mol. The molecule has 1 aliphatic heterocycles. The number of nitro benzene ring substituents is 1. The summed E-state index contributed by atoms with van der Waals surface area (Å²) in [5.74, 6) is -0.864. The normalized spacial score (nSPS) is 20.2. The Balaban J connectivity index is 2.55. The Bertz CT molecular complexity index is 490. The first kappa shape index (κ1) is 11.6. The van der Waals surface area contributed by atoms with E-state index >= 15 is 0 Å². The van der Waals surface area contributed by atoms with E-state index in [-0.39, 0.29) is 0 Å². The Kier molecular flexibility index (Phi) is 2.24. The fraction of sp³-hybridized carbons (Fsp3) is 0.250. The van der Waals surface area contributed by atoms with Gasteiger partial charge in [-0.25, -0.2) is 4.74 Å². The summed E-state index contributed by atoms with van der Waals surface area (Å²) in [6, 6.07) is 1.86. The highest BCUT2D eigenvalue weighted by molar-refractivity contribution is 5.46. The van der Waals surface area contributed by atoms with Crippen LogP contribution in [0.2, 0.25) is 0 Å². The van der Waals surface area contributed by atoms with Gasteiger partial charge in [0.1, 0.15) is 11.3 Å². The summed E-state index contributed by atoms with van der Waals surface area (Å²) in [5.41, 5.74) is -1.79. The second-order valence-electron chi connectivity index (χ2n) is 3.12. The van der Waals surface area contributed by atoms with Gasteiger partial charge < -0.3 is 4.74 Å². The van der Waals surface area contributed by atoms with Gasteiger partial charge in [0.05, 0.1) is 4.92 Å². The molecule has 92 valence electrons. The zero-order valence-electron chi connectivity index (χ0n) is 7.82. The van der Waals surface area contributed by atoms with E-state index in [1.54, 1.807) is 0 Å². The van der Waals surface area contributed by atoms with Gasteiger partial charge in [-0.15, -0.1) is 8.78 Å². The van der Waals surface area contributed by atoms with E-state index < -0.39 is 34.3 Å². The van der Waals surface area contributed by atoms with E-state index in [2.05, 4.69) is 9.47 Å². The standard InChI is InChI=1S/C8H3F4NO4/c9-7(10)5-3-4(13(14)15)1-2-6(5)16-8(11,12)17-7/h1-3H. The number of ether oxygens (including phenoxy) is 2. The molecular formula is C8H3F4NO4. The number of nitrogens with zero attached hydrogens (tertiary/aromatic N) is 1. The SMILES string of the molecule is O=[N+]([O-])c1ccc2c(c1)C(F)(F)OC(F)(F)O2. The number of hydrogen-bond donors (Lipinski definition) is 0. The van der Waals surface area contributed by atoms with Gasteiger partial charge in [0, 0.05) is 12.1 Å². The molecule has 5 nitrogen and oxygen atoms in total. The monoisotopic (exact) mass is 253 g/mol. The molecule has 0 aromatic heterocycles. The van der Waals surface area contributed by atoms with Crippen LogP contribution in [-0.4, -0.2) is 11.2 Å². The number of fused-ring (bicyclic) bond motifs is 1. The molecule has 0 fully saturated rings. The van der Waals surface area contributed by atoms with Gasteiger partial charge in [0.2, 0.25) is 0 Å². The number of rotatable bonds is 1. The Morgan fingerprint density at radius 2 is 1.88 bits per heavy atom. The van der Waals surface area contributed by atoms with Crippen molar-refractivity contribution in [2.45, 2.75) is 12.4 Å². The van der Waals surface area contributed by atoms with Crippen LogP contribution in [0.4, 0.5) is 23.2 Å². The van der Waals surface area contributed by atoms with E-state index in [0.717, 1.165) is 6.07 Å². The van der Waals surface area contributed by atoms with Crippen molar-refractivity contribution in [1.29, 1.82) is 0 Å². The van der Waals surface area contributed by atoms with Gasteiger partial charge in [-0.05, 0) is 6.07 Å². The number of alkyl halides is 4. The van der Waals surface area contributed by atoms with E-state index in [0.29, 0.717) is 12.1 Å². The minimum atomic E-state index is -4.48. The summed E-state index contributed by atoms with van der Waals surface area (Å²) < 4.78 is 58.4. The largest absolute Gasteiger partial charge is 0.540 e. The lowest BCUT2D eigenvalue weighted by Crippen LogP contribution is -2.41. The lowest BCUT2D eigenvalue weighted by atomic mass is 10.1. The zero-order chi connectivity index (χ0) is 12.8. The predicted octanol–water partition coefficient (Wildman–Crippen LogP) is 2.60. The van der Waals surface area contributed by atoms with Crippen molar-refractivity contribution in [2.24, 2.45) is 0 Å². The molecule has 1 aromatic rings. The molecule has 0 unspecified atom stereocenters. The average molecular weight is 253 g/mol. The lowest BCUT2D eigenvalue weighted by molar-refractivity contribution is -0.461. The highest BCUT2D eigenvalue weighted by Crippen LogP contribution is 2.46. The van der Waals surface area contributed by atoms with Crippen LogP contribution in [0.5, 0.6) is 5.75 Å². The first-order chi connectivity index (χ1) is 7.71. The summed E-state index contributed by atoms with van der Waals surface area (Å²) in [6.07, 6.45) is -8.84. The van der Waals surface area contributed by atoms with Crippen LogP contribution >= 0.6 is 0 Å². The average Bonchev–Trinajstić information content (AvgIpc) is 2.13. The van der Waals surface area contributed by atoms with Crippen molar-refractivity contribution < 1.29 is 32.0 Å². The summed E-state index contributed by atoms with van der Waals surface area (Å²) >= 11 is 0. The van der Waals surface area contributed by atoms with Crippen molar-refractivity contribution in [3.63, 3.8) is 0 Å². The molecule has 2 rings (SSSR count). The van der Waals surface area contributed by atoms with Crippen molar-refractivity contribution in [1.82, 2.24) is 0 Å². The van der Waals surface area contributed by atoms with Gasteiger partial charge in [-0.1, -0.05) is 0 Å². The summed E-state index contributed by atoms with van der Waals surface area (Å²) in [6.45, 7) is 0. The van der Waals surface area contributed by atoms with E-state index in [9.17, 15) is 27.7 Å². The first-order valence-electron chi connectivity index (χ1n) is 4.15. The van der Waals surface area contributed by atoms with E-state index in [1.807, 2.05) is 0 Å². The summed E-state index contributed by atoms with van der Waals surface area (Å²) in [4.78, 5) is 9.41. The maximum atomic E-state index is 13.1. The molecule has 0 amide bonds. The molecule has 9 heteroatoms. The summed E-state index contributed by atoms with van der Waals surface area (Å²) in [7, 11) is 0. The van der Waals surface area contributed by atoms with Gasteiger partial charge >= 0.3 is 12.4 Å². The second kappa shape index (κ2) is 3.29. The number of halogens is 4. The third-order valence-electron chi connectivity index (χ3n) is 1.96. The number of hydrogen-bond acceptors (Lipinski definition) is 4. The number of non-ortho nitro benzene ring substituents is 1. The zero-order valence-corrected chi connectivity index (χ0v) is 7.82. The third kappa shape index (κ3) is 2.00. The van der Waals surface area contributed by atoms with Crippen LogP contribution in [0.15, 0.2) is 18.2 Å². The predicted molar refractivity (Wildman–Crippen MR) is 43.7 cm³/mol. The first-order valence-corrected chi connectivity index (χ1v) is 4.15. The smallest absolute Gasteiger partial charge is 0.409 e. The molecule has 1 aliphatic rings. The Hall–Kier alpha value is -1.90. The lowest BCUT2D eigenvalue weighted by Gasteiger charge is -2.30. The topological polar surface area (TPSA) is 61.6 Å². The van der Waals surface area contributed by atoms with Gasteiger partial charge in [0.25, 0.3) is 5.69 Å². The minimum Gasteiger partial charge on any atom is -0.409 e. The number of nitro groups is 1. The van der Waals surface area contributed by atoms with Crippen molar-refractivity contribution in [2.75, 3.05) is 0 Å². The molecule has 0 bridgehead atoms. The highest BCUT2D eigenvalue weighted by atomic mass is 19.3. The molecule has 1 aromatic carbocycles. The molecule has 0 saturated heterocycles. The van der Waals surface area contributed by atoms with Crippen LogP contribution in [0.25, 0.3) is 0 Å². The molecule has 0 N–H and O–H groups in total. The van der Waals surface area contributed by atoms with Crippen LogP contribution in [0.3, 0.4) is 0 Å². The van der Waals surface area contributed by atoms with Crippen LogP contribution in [0.1, 0.15) is 5.56 Å². The van der Waals surface area contributed by atoms with Crippen LogP contribution in [-0.2, 0) is 10.8 Å². The van der Waals surface area contributed by atoms with Gasteiger partial charge in [-0.2, -0.15) is 8.78 Å². The second-order valence-corrected chi connectivity index (χ2v) is 3.12. The van der Waals surface area contributed by atoms with E-state index in [4.69, 9.17) is 0 Å². The third-order valence-corrected chi connectivity index (χ3v) is 1.96. The molecule has 0 atom stereocenters. The minimum absolute atomic E-state index is 0.421. The molecule has 1 heterocycles. The van der Waals surface area contributed by atoms with Gasteiger partial charge in [0.15, 0.2) is 0 Å². The quantitative estimate of drug-likeness (QED) is 0.438. The highest BCUT2D eigenvalue weighted by Gasteiger charge is 2.54. The van der Waals surface area contributed by atoms with E-state index in [1.165, 1.54) is 0 Å². The number of benzene rings is 1. The van der Waals surface area contributed by atoms with Crippen molar-refractivity contribution in [3.05, 3.63) is 33.9 Å². The summed E-state index contributed by atoms with van der Waals surface area (Å²) in [5, 5.41) is 10.4. The molecule has 0 saturated carbocycles. The maximum absolute atomic E-state index is 13.1. The molecule has 0 aliphatic carbocycles. The fourth-order valence-electron chi connectivity index (χ4n) is 1.30. The van der Waals surface area contributed by atoms with Crippen LogP contribution in [0, 0.1) is 10.1 Å². The fourth-order valence-corrected chi connectivity index (χ4v) is 1.30. The Labute approximate surface area is 90.7 Å². The molecule has 17 heavy (non-hydrogen) atoms. The molecule has 0 radical (unpaired) electrons. The Morgan fingerprint density at radius 1 is 1.24 bits per heavy atom. The Morgan fingerprint density at radius 3 is 2.47 bits per heavy atom. The van der Waals surface area contributed by atoms with Crippen LogP contribution < -0.4 is 4.74 Å².